The van der Waals surface area contributed by atoms with Gasteiger partial charge in [0.25, 0.3) is 5.91 Å². The van der Waals surface area contributed by atoms with Crippen LogP contribution in [-0.4, -0.2) is 46.9 Å². The van der Waals surface area contributed by atoms with Crippen molar-refractivity contribution in [1.29, 1.82) is 0 Å². The summed E-state index contributed by atoms with van der Waals surface area (Å²) in [5.41, 5.74) is 6.57. The number of carbonyl (C=O) groups is 1. The zero-order valence-electron chi connectivity index (χ0n) is 12.5. The van der Waals surface area contributed by atoms with Gasteiger partial charge in [0.15, 0.2) is 11.2 Å². The highest BCUT2D eigenvalue weighted by atomic mass is 16.3. The van der Waals surface area contributed by atoms with Crippen LogP contribution in [0, 0.1) is 0 Å². The first-order valence-electron chi connectivity index (χ1n) is 7.07. The molecule has 0 aromatic carbocycles. The van der Waals surface area contributed by atoms with Gasteiger partial charge < -0.3 is 20.7 Å². The van der Waals surface area contributed by atoms with Gasteiger partial charge in [0.05, 0.1) is 6.33 Å². The average Bonchev–Trinajstić information content (AvgIpc) is 3.14. The van der Waals surface area contributed by atoms with E-state index in [0.29, 0.717) is 31.0 Å². The van der Waals surface area contributed by atoms with Gasteiger partial charge >= 0.3 is 0 Å². The minimum absolute atomic E-state index is 0.0362. The Morgan fingerprint density at radius 3 is 3.00 bits per heavy atom. The maximum absolute atomic E-state index is 12.0. The lowest BCUT2D eigenvalue weighted by molar-refractivity contribution is 0.0946. The Morgan fingerprint density at radius 2 is 2.26 bits per heavy atom. The van der Waals surface area contributed by atoms with Gasteiger partial charge in [0, 0.05) is 25.8 Å². The van der Waals surface area contributed by atoms with Crippen molar-refractivity contribution in [1.82, 2.24) is 34.6 Å². The molecule has 3 rings (SSSR count). The fraction of sp³-hybridized carbons (Fsp3) is 0.308. The number of nitrogen functional groups attached to an aromatic ring is 1. The summed E-state index contributed by atoms with van der Waals surface area (Å²) >= 11 is 0. The van der Waals surface area contributed by atoms with Gasteiger partial charge in [-0.15, -0.1) is 0 Å². The van der Waals surface area contributed by atoms with Crippen LogP contribution in [0.1, 0.15) is 17.4 Å². The number of carbonyl (C=O) groups excluding carboxylic acids is 1. The van der Waals surface area contributed by atoms with E-state index in [1.807, 2.05) is 6.92 Å². The van der Waals surface area contributed by atoms with Crippen molar-refractivity contribution >= 4 is 23.0 Å². The zero-order chi connectivity index (χ0) is 16.4. The molecule has 0 spiro atoms. The second-order valence-electron chi connectivity index (χ2n) is 4.83. The summed E-state index contributed by atoms with van der Waals surface area (Å²) in [6.07, 6.45) is 3.26. The Kier molecular flexibility index (Phi) is 3.79. The third-order valence-corrected chi connectivity index (χ3v) is 3.30. The van der Waals surface area contributed by atoms with Gasteiger partial charge in [-0.1, -0.05) is 0 Å². The summed E-state index contributed by atoms with van der Waals surface area (Å²) < 4.78 is 3.36. The van der Waals surface area contributed by atoms with Crippen molar-refractivity contribution in [2.75, 3.05) is 12.3 Å². The summed E-state index contributed by atoms with van der Waals surface area (Å²) in [5.74, 6) is -0.551. The van der Waals surface area contributed by atoms with Crippen molar-refractivity contribution in [3.8, 4) is 5.88 Å². The lowest BCUT2D eigenvalue weighted by Crippen LogP contribution is -2.27. The van der Waals surface area contributed by atoms with Gasteiger partial charge in [-0.3, -0.25) is 9.48 Å². The van der Waals surface area contributed by atoms with Crippen LogP contribution in [0.4, 0.5) is 5.95 Å². The first-order chi connectivity index (χ1) is 11.1. The van der Waals surface area contributed by atoms with Gasteiger partial charge in [0.1, 0.15) is 5.69 Å². The molecule has 3 aromatic heterocycles. The zero-order valence-corrected chi connectivity index (χ0v) is 12.5. The summed E-state index contributed by atoms with van der Waals surface area (Å²) in [4.78, 5) is 23.7. The number of aromatic hydroxyl groups is 1. The van der Waals surface area contributed by atoms with E-state index in [0.717, 1.165) is 0 Å². The lowest BCUT2D eigenvalue weighted by atomic mass is 10.4. The third kappa shape index (κ3) is 2.91. The van der Waals surface area contributed by atoms with E-state index in [1.165, 1.54) is 6.33 Å². The number of amides is 1. The molecular formula is C13H16N8O2. The number of hydrogen-bond donors (Lipinski definition) is 3. The van der Waals surface area contributed by atoms with E-state index < -0.39 is 0 Å². The Morgan fingerprint density at radius 1 is 1.43 bits per heavy atom. The number of aryl methyl sites for hydroxylation is 1. The molecule has 23 heavy (non-hydrogen) atoms. The van der Waals surface area contributed by atoms with Gasteiger partial charge in [-0.2, -0.15) is 15.1 Å². The van der Waals surface area contributed by atoms with E-state index in [4.69, 9.17) is 5.73 Å². The minimum atomic E-state index is -0.264. The van der Waals surface area contributed by atoms with Crippen LogP contribution in [0.15, 0.2) is 18.6 Å². The third-order valence-electron chi connectivity index (χ3n) is 3.30. The van der Waals surface area contributed by atoms with Gasteiger partial charge in [-0.05, 0) is 13.0 Å². The summed E-state index contributed by atoms with van der Waals surface area (Å²) in [5, 5.41) is 16.6. The van der Waals surface area contributed by atoms with Crippen molar-refractivity contribution in [3.05, 3.63) is 24.3 Å². The Labute approximate surface area is 131 Å². The number of anilines is 1. The molecule has 0 atom stereocenters. The van der Waals surface area contributed by atoms with E-state index >= 15 is 0 Å². The molecule has 0 radical (unpaired) electrons. The number of rotatable bonds is 5. The average molecular weight is 316 g/mol. The van der Waals surface area contributed by atoms with Gasteiger partial charge in [-0.25, -0.2) is 4.98 Å². The maximum Gasteiger partial charge on any atom is 0.271 e. The molecule has 0 fully saturated rings. The monoisotopic (exact) mass is 316 g/mol. The number of fused-ring (bicyclic) bond motifs is 1. The molecule has 1 amide bonds. The minimum Gasteiger partial charge on any atom is -0.492 e. The molecule has 0 aliphatic rings. The number of aromatic nitrogens is 6. The highest BCUT2D eigenvalue weighted by Crippen LogP contribution is 2.19. The number of nitrogens with one attached hydrogen (secondary N) is 1. The second-order valence-corrected chi connectivity index (χ2v) is 4.83. The van der Waals surface area contributed by atoms with Crippen molar-refractivity contribution in [2.24, 2.45) is 0 Å². The molecule has 0 aliphatic heterocycles. The number of hydrogen-bond acceptors (Lipinski definition) is 7. The highest BCUT2D eigenvalue weighted by molar-refractivity contribution is 5.92. The number of nitrogens with zero attached hydrogens (tertiary/aromatic N) is 6. The van der Waals surface area contributed by atoms with Gasteiger partial charge in [0.2, 0.25) is 11.8 Å². The van der Waals surface area contributed by atoms with Crippen molar-refractivity contribution in [3.63, 3.8) is 0 Å². The SMILES string of the molecule is CCn1ccc(C(=O)NCCn2cnc3c(O)nc(N)nc32)n1. The first-order valence-corrected chi connectivity index (χ1v) is 7.07. The standard InChI is InChI=1S/C13H16N8O2/c1-2-21-5-3-8(19-21)11(22)15-4-6-20-7-16-9-10(20)17-13(14)18-12(9)23/h3,5,7H,2,4,6H2,1H3,(H,15,22)(H3,14,17,18,23). The molecule has 3 heterocycles. The fourth-order valence-corrected chi connectivity index (χ4v) is 2.15. The highest BCUT2D eigenvalue weighted by Gasteiger charge is 2.12. The van der Waals surface area contributed by atoms with Crippen molar-refractivity contribution in [2.45, 2.75) is 20.0 Å². The molecule has 10 heteroatoms. The lowest BCUT2D eigenvalue weighted by Gasteiger charge is -2.05. The molecule has 0 aliphatic carbocycles. The normalized spacial score (nSPS) is 11.0. The van der Waals surface area contributed by atoms with E-state index in [-0.39, 0.29) is 23.3 Å². The molecule has 0 saturated heterocycles. The summed E-state index contributed by atoms with van der Waals surface area (Å²) in [6, 6.07) is 1.66. The van der Waals surface area contributed by atoms with E-state index in [1.54, 1.807) is 21.5 Å². The number of imidazole rings is 1. The molecule has 10 nitrogen and oxygen atoms in total. The Hall–Kier alpha value is -3.17. The maximum atomic E-state index is 12.0. The first kappa shape index (κ1) is 14.8. The van der Waals surface area contributed by atoms with Crippen LogP contribution in [0.25, 0.3) is 11.2 Å². The molecule has 120 valence electrons. The van der Waals surface area contributed by atoms with Crippen LogP contribution < -0.4 is 11.1 Å². The number of nitrogens with two attached hydrogens (primary N) is 1. The summed E-state index contributed by atoms with van der Waals surface area (Å²) in [6.45, 7) is 3.43. The smallest absolute Gasteiger partial charge is 0.271 e. The molecule has 3 aromatic rings. The second kappa shape index (κ2) is 5.91. The fourth-order valence-electron chi connectivity index (χ4n) is 2.15. The van der Waals surface area contributed by atoms with E-state index in [2.05, 4.69) is 25.4 Å². The van der Waals surface area contributed by atoms with Crippen LogP contribution >= 0.6 is 0 Å². The van der Waals surface area contributed by atoms with Crippen LogP contribution in [0.2, 0.25) is 0 Å². The van der Waals surface area contributed by atoms with Crippen LogP contribution in [0.5, 0.6) is 5.88 Å². The predicted octanol–water partition coefficient (Wildman–Crippen LogP) is -0.240. The molecule has 0 unspecified atom stereocenters. The quantitative estimate of drug-likeness (QED) is 0.590. The topological polar surface area (TPSA) is 137 Å². The molecular weight excluding hydrogens is 300 g/mol. The summed E-state index contributed by atoms with van der Waals surface area (Å²) in [7, 11) is 0. The molecule has 0 bridgehead atoms. The molecule has 0 saturated carbocycles. The predicted molar refractivity (Wildman–Crippen MR) is 81.6 cm³/mol. The van der Waals surface area contributed by atoms with Crippen LogP contribution in [-0.2, 0) is 13.1 Å². The Balaban J connectivity index is 1.66. The Bertz CT molecular complexity index is 853. The van der Waals surface area contributed by atoms with E-state index in [9.17, 15) is 9.90 Å². The largest absolute Gasteiger partial charge is 0.492 e. The van der Waals surface area contributed by atoms with Crippen LogP contribution in [0.3, 0.4) is 0 Å². The van der Waals surface area contributed by atoms with Crippen molar-refractivity contribution < 1.29 is 9.90 Å². The molecule has 4 N–H and O–H groups in total.